The Balaban J connectivity index is 1.54. The van der Waals surface area contributed by atoms with E-state index in [1.165, 1.54) is 95.2 Å². The van der Waals surface area contributed by atoms with Crippen molar-refractivity contribution in [3.05, 3.63) is 107 Å². The number of rotatable bonds is 2. The van der Waals surface area contributed by atoms with Gasteiger partial charge in [0.25, 0.3) is 0 Å². The van der Waals surface area contributed by atoms with E-state index in [4.69, 9.17) is 0 Å². The highest BCUT2D eigenvalue weighted by molar-refractivity contribution is 6.21. The lowest BCUT2D eigenvalue weighted by molar-refractivity contribution is 0.686. The lowest BCUT2D eigenvalue weighted by Gasteiger charge is -2.21. The summed E-state index contributed by atoms with van der Waals surface area (Å²) < 4.78 is 0. The predicted octanol–water partition coefficient (Wildman–Crippen LogP) is 9.08. The van der Waals surface area contributed by atoms with Crippen LogP contribution in [0.3, 0.4) is 0 Å². The maximum absolute atomic E-state index is 2.49. The zero-order valence-corrected chi connectivity index (χ0v) is 19.7. The summed E-state index contributed by atoms with van der Waals surface area (Å²) in [5.74, 6) is 0. The van der Waals surface area contributed by atoms with Crippen LogP contribution in [-0.2, 0) is 25.7 Å². The van der Waals surface area contributed by atoms with Crippen molar-refractivity contribution in [2.75, 3.05) is 0 Å². The van der Waals surface area contributed by atoms with E-state index in [2.05, 4.69) is 84.9 Å². The van der Waals surface area contributed by atoms with Gasteiger partial charge < -0.3 is 0 Å². The molecule has 0 atom stereocenters. The topological polar surface area (TPSA) is 0 Å². The number of hydrogen-bond acceptors (Lipinski definition) is 0. The monoisotopic (exact) mass is 438 g/mol. The van der Waals surface area contributed by atoms with Crippen LogP contribution in [0.2, 0.25) is 0 Å². The Morgan fingerprint density at radius 3 is 1.09 bits per heavy atom. The lowest BCUT2D eigenvalue weighted by Crippen LogP contribution is -2.03. The van der Waals surface area contributed by atoms with Gasteiger partial charge in [-0.05, 0) is 117 Å². The molecule has 2 aliphatic rings. The Bertz CT molecular complexity index is 1380. The Morgan fingerprint density at radius 1 is 0.353 bits per heavy atom. The SMILES string of the molecule is c1ccc2c(-c3ccc4c(c3)CCCC4)c3ccccc3c(-c3ccc4c(c3)CCCC4)c2c1. The molecule has 5 aromatic carbocycles. The first-order chi connectivity index (χ1) is 16.9. The van der Waals surface area contributed by atoms with Crippen LogP contribution in [-0.4, -0.2) is 0 Å². The molecule has 0 nitrogen and oxygen atoms in total. The smallest absolute Gasteiger partial charge is 0.00263 e. The molecule has 0 spiro atoms. The van der Waals surface area contributed by atoms with Crippen molar-refractivity contribution in [1.82, 2.24) is 0 Å². The minimum absolute atomic E-state index is 1.21. The second-order valence-corrected chi connectivity index (χ2v) is 10.2. The summed E-state index contributed by atoms with van der Waals surface area (Å²) in [4.78, 5) is 0. The van der Waals surface area contributed by atoms with Crippen LogP contribution in [0.25, 0.3) is 43.8 Å². The minimum atomic E-state index is 1.21. The van der Waals surface area contributed by atoms with Crippen LogP contribution in [0, 0.1) is 0 Å². The van der Waals surface area contributed by atoms with Crippen LogP contribution >= 0.6 is 0 Å². The summed E-state index contributed by atoms with van der Waals surface area (Å²) in [5, 5.41) is 5.46. The highest BCUT2D eigenvalue weighted by Crippen LogP contribution is 2.44. The van der Waals surface area contributed by atoms with Gasteiger partial charge in [-0.25, -0.2) is 0 Å². The molecule has 0 aromatic heterocycles. The first-order valence-corrected chi connectivity index (χ1v) is 13.0. The number of fused-ring (bicyclic) bond motifs is 4. The molecule has 5 aromatic rings. The van der Waals surface area contributed by atoms with E-state index in [1.807, 2.05) is 0 Å². The van der Waals surface area contributed by atoms with E-state index in [0.29, 0.717) is 0 Å². The Morgan fingerprint density at radius 2 is 0.706 bits per heavy atom. The largest absolute Gasteiger partial charge is 0.0616 e. The van der Waals surface area contributed by atoms with E-state index in [0.717, 1.165) is 0 Å². The first-order valence-electron chi connectivity index (χ1n) is 13.0. The van der Waals surface area contributed by atoms with Gasteiger partial charge in [0, 0.05) is 0 Å². The van der Waals surface area contributed by atoms with Crippen LogP contribution in [0.5, 0.6) is 0 Å². The molecule has 0 aliphatic heterocycles. The third-order valence-electron chi connectivity index (χ3n) is 8.21. The molecule has 7 rings (SSSR count). The molecule has 0 heteroatoms. The summed E-state index contributed by atoms with van der Waals surface area (Å²) >= 11 is 0. The second kappa shape index (κ2) is 8.13. The van der Waals surface area contributed by atoms with Crippen molar-refractivity contribution < 1.29 is 0 Å². The van der Waals surface area contributed by atoms with Crippen LogP contribution < -0.4 is 0 Å². The Kier molecular flexibility index (Phi) is 4.79. The van der Waals surface area contributed by atoms with Crippen molar-refractivity contribution in [2.45, 2.75) is 51.4 Å². The summed E-state index contributed by atoms with van der Waals surface area (Å²) in [7, 11) is 0. The molecule has 0 fully saturated rings. The molecule has 0 radical (unpaired) electrons. The van der Waals surface area contributed by atoms with E-state index >= 15 is 0 Å². The molecule has 0 N–H and O–H groups in total. The fraction of sp³-hybridized carbons (Fsp3) is 0.235. The molecule has 0 saturated heterocycles. The standard InChI is InChI=1S/C34H30/c1-3-11-25-21-27(19-17-23(25)9-1)33-29-13-5-7-15-31(29)34(32-16-8-6-14-30(32)33)28-20-18-24-10-2-4-12-26(24)22-28/h5-8,13-22H,1-4,9-12H2. The molecule has 0 amide bonds. The van der Waals surface area contributed by atoms with Crippen LogP contribution in [0.15, 0.2) is 84.9 Å². The van der Waals surface area contributed by atoms with E-state index in [1.54, 1.807) is 22.3 Å². The van der Waals surface area contributed by atoms with Crippen molar-refractivity contribution >= 4 is 21.5 Å². The zero-order chi connectivity index (χ0) is 22.5. The Hall–Kier alpha value is -3.38. The summed E-state index contributed by atoms with van der Waals surface area (Å²) in [6, 6.07) is 32.6. The molecule has 2 aliphatic carbocycles. The highest BCUT2D eigenvalue weighted by Gasteiger charge is 2.19. The number of aryl methyl sites for hydroxylation is 4. The van der Waals surface area contributed by atoms with E-state index in [-0.39, 0.29) is 0 Å². The molecular formula is C34H30. The van der Waals surface area contributed by atoms with Gasteiger partial charge in [0.15, 0.2) is 0 Å². The van der Waals surface area contributed by atoms with Crippen molar-refractivity contribution in [1.29, 1.82) is 0 Å². The van der Waals surface area contributed by atoms with Gasteiger partial charge in [-0.1, -0.05) is 84.9 Å². The molecular weight excluding hydrogens is 408 g/mol. The van der Waals surface area contributed by atoms with E-state index in [9.17, 15) is 0 Å². The van der Waals surface area contributed by atoms with Gasteiger partial charge >= 0.3 is 0 Å². The second-order valence-electron chi connectivity index (χ2n) is 10.2. The van der Waals surface area contributed by atoms with E-state index < -0.39 is 0 Å². The van der Waals surface area contributed by atoms with Crippen LogP contribution in [0.1, 0.15) is 47.9 Å². The first kappa shape index (κ1) is 20.0. The molecule has 0 saturated carbocycles. The molecule has 0 bridgehead atoms. The van der Waals surface area contributed by atoms with Crippen molar-refractivity contribution in [3.63, 3.8) is 0 Å². The molecule has 0 unspecified atom stereocenters. The maximum Gasteiger partial charge on any atom is -0.00263 e. The van der Waals surface area contributed by atoms with Gasteiger partial charge in [0.2, 0.25) is 0 Å². The van der Waals surface area contributed by atoms with Crippen molar-refractivity contribution in [3.8, 4) is 22.3 Å². The van der Waals surface area contributed by atoms with Crippen molar-refractivity contribution in [2.24, 2.45) is 0 Å². The maximum atomic E-state index is 2.49. The average Bonchev–Trinajstić information content (AvgIpc) is 2.91. The zero-order valence-electron chi connectivity index (χ0n) is 19.7. The minimum Gasteiger partial charge on any atom is -0.0616 e. The number of benzene rings is 5. The van der Waals surface area contributed by atoms with Gasteiger partial charge in [-0.3, -0.25) is 0 Å². The summed E-state index contributed by atoms with van der Waals surface area (Å²) in [6.07, 6.45) is 10.2. The normalized spacial score (nSPS) is 15.3. The summed E-state index contributed by atoms with van der Waals surface area (Å²) in [5.41, 5.74) is 11.7. The third kappa shape index (κ3) is 3.20. The third-order valence-corrected chi connectivity index (χ3v) is 8.21. The molecule has 166 valence electrons. The van der Waals surface area contributed by atoms with Crippen LogP contribution in [0.4, 0.5) is 0 Å². The average molecular weight is 439 g/mol. The van der Waals surface area contributed by atoms with Gasteiger partial charge in [0.05, 0.1) is 0 Å². The predicted molar refractivity (Wildman–Crippen MR) is 146 cm³/mol. The quantitative estimate of drug-likeness (QED) is 0.241. The van der Waals surface area contributed by atoms with Gasteiger partial charge in [0.1, 0.15) is 0 Å². The highest BCUT2D eigenvalue weighted by atomic mass is 14.2. The number of hydrogen-bond donors (Lipinski definition) is 0. The van der Waals surface area contributed by atoms with Gasteiger partial charge in [-0.2, -0.15) is 0 Å². The fourth-order valence-electron chi connectivity index (χ4n) is 6.53. The summed E-state index contributed by atoms with van der Waals surface area (Å²) in [6.45, 7) is 0. The Labute approximate surface area is 202 Å². The fourth-order valence-corrected chi connectivity index (χ4v) is 6.53. The van der Waals surface area contributed by atoms with Gasteiger partial charge in [-0.15, -0.1) is 0 Å². The molecule has 0 heterocycles. The lowest BCUT2D eigenvalue weighted by atomic mass is 9.82. The molecule has 34 heavy (non-hydrogen) atoms.